The van der Waals surface area contributed by atoms with Crippen molar-refractivity contribution in [2.75, 3.05) is 7.05 Å². The first-order chi connectivity index (χ1) is 9.78. The zero-order valence-corrected chi connectivity index (χ0v) is 11.4. The number of carbonyl (C=O) groups is 1. The molecular formula is C16H17NO3. The van der Waals surface area contributed by atoms with Crippen LogP contribution in [0.15, 0.2) is 35.3 Å². The van der Waals surface area contributed by atoms with Crippen LogP contribution in [0.3, 0.4) is 0 Å². The number of fused-ring (bicyclic) bond motifs is 4. The largest absolute Gasteiger partial charge is 0.458 e. The molecule has 104 valence electrons. The van der Waals surface area contributed by atoms with E-state index in [0.717, 1.165) is 18.6 Å². The van der Waals surface area contributed by atoms with Crippen LogP contribution in [0.1, 0.15) is 23.2 Å². The Hall–Kier alpha value is -1.68. The van der Waals surface area contributed by atoms with Gasteiger partial charge in [0.15, 0.2) is 0 Å². The molecule has 2 aliphatic carbocycles. The van der Waals surface area contributed by atoms with Crippen LogP contribution in [0.4, 0.5) is 0 Å². The maximum absolute atomic E-state index is 12.1. The van der Waals surface area contributed by atoms with Gasteiger partial charge in [-0.1, -0.05) is 18.2 Å². The van der Waals surface area contributed by atoms with Crippen LogP contribution in [0, 0.1) is 11.8 Å². The van der Waals surface area contributed by atoms with Gasteiger partial charge in [0.05, 0.1) is 17.8 Å². The number of ether oxygens (including phenoxy) is 2. The van der Waals surface area contributed by atoms with E-state index in [1.165, 1.54) is 0 Å². The fraction of sp³-hybridized carbons (Fsp3) is 0.500. The van der Waals surface area contributed by atoms with Gasteiger partial charge in [0.2, 0.25) is 0 Å². The highest BCUT2D eigenvalue weighted by Crippen LogP contribution is 2.57. The molecular weight excluding hydrogens is 254 g/mol. The Morgan fingerprint density at radius 2 is 2.10 bits per heavy atom. The molecule has 1 aromatic rings. The van der Waals surface area contributed by atoms with Crippen molar-refractivity contribution in [2.45, 2.75) is 31.2 Å². The second-order valence-electron chi connectivity index (χ2n) is 5.80. The monoisotopic (exact) mass is 271 g/mol. The van der Waals surface area contributed by atoms with Crippen molar-refractivity contribution in [1.29, 1.82) is 0 Å². The van der Waals surface area contributed by atoms with Crippen LogP contribution >= 0.6 is 0 Å². The lowest BCUT2D eigenvalue weighted by atomic mass is 9.64. The lowest BCUT2D eigenvalue weighted by molar-refractivity contribution is 0.0168. The predicted octanol–water partition coefficient (Wildman–Crippen LogP) is 2.09. The summed E-state index contributed by atoms with van der Waals surface area (Å²) in [5.41, 5.74) is 1.77. The van der Waals surface area contributed by atoms with E-state index in [4.69, 9.17) is 9.47 Å². The number of hydrogen-bond donors (Lipinski definition) is 0. The molecule has 1 heterocycles. The first kappa shape index (κ1) is 12.1. The summed E-state index contributed by atoms with van der Waals surface area (Å²) in [4.78, 5) is 16.5. The van der Waals surface area contributed by atoms with E-state index in [1.807, 2.05) is 25.2 Å². The standard InChI is InChI=1S/C16H17NO3/c1-17-12-8-10(7-11-13(12)15-14(11)20-15)19-16(18)9-5-3-2-4-6-9/h2-6,10-11,13-15H,7-8H2,1H3. The molecule has 0 spiro atoms. The topological polar surface area (TPSA) is 51.2 Å². The van der Waals surface area contributed by atoms with Gasteiger partial charge in [0, 0.05) is 31.0 Å². The SMILES string of the molecule is CN=C1CC(OC(=O)c2ccccc2)CC2C3OC3C12. The van der Waals surface area contributed by atoms with Crippen molar-refractivity contribution >= 4 is 11.7 Å². The van der Waals surface area contributed by atoms with Crippen LogP contribution in [0.5, 0.6) is 0 Å². The Morgan fingerprint density at radius 3 is 2.85 bits per heavy atom. The fourth-order valence-corrected chi connectivity index (χ4v) is 3.67. The van der Waals surface area contributed by atoms with Crippen molar-refractivity contribution in [2.24, 2.45) is 16.8 Å². The van der Waals surface area contributed by atoms with Gasteiger partial charge in [-0.05, 0) is 18.6 Å². The predicted molar refractivity (Wildman–Crippen MR) is 73.9 cm³/mol. The number of hydrogen-bond acceptors (Lipinski definition) is 4. The minimum absolute atomic E-state index is 0.0622. The number of epoxide rings is 1. The summed E-state index contributed by atoms with van der Waals surface area (Å²) < 4.78 is 11.3. The first-order valence-electron chi connectivity index (χ1n) is 7.15. The van der Waals surface area contributed by atoms with Crippen LogP contribution in [-0.2, 0) is 9.47 Å². The third kappa shape index (κ3) is 1.79. The van der Waals surface area contributed by atoms with Gasteiger partial charge in [-0.25, -0.2) is 4.79 Å². The van der Waals surface area contributed by atoms with Crippen molar-refractivity contribution < 1.29 is 14.3 Å². The average molecular weight is 271 g/mol. The van der Waals surface area contributed by atoms with Gasteiger partial charge < -0.3 is 9.47 Å². The molecule has 4 nitrogen and oxygen atoms in total. The van der Waals surface area contributed by atoms with E-state index in [0.29, 0.717) is 29.6 Å². The second kappa shape index (κ2) is 4.42. The number of nitrogens with zero attached hydrogens (tertiary/aromatic N) is 1. The maximum Gasteiger partial charge on any atom is 0.338 e. The lowest BCUT2D eigenvalue weighted by Crippen LogP contribution is -2.49. The van der Waals surface area contributed by atoms with Gasteiger partial charge in [0.25, 0.3) is 0 Å². The molecule has 1 aromatic carbocycles. The van der Waals surface area contributed by atoms with E-state index >= 15 is 0 Å². The Bertz CT molecular complexity index is 568. The summed E-state index contributed by atoms with van der Waals surface area (Å²) in [5.74, 6) is 0.745. The van der Waals surface area contributed by atoms with Gasteiger partial charge in [0.1, 0.15) is 6.10 Å². The van der Waals surface area contributed by atoms with Crippen LogP contribution in [0.25, 0.3) is 0 Å². The van der Waals surface area contributed by atoms with E-state index in [9.17, 15) is 4.79 Å². The van der Waals surface area contributed by atoms with E-state index < -0.39 is 0 Å². The number of aliphatic imine (C=N–C) groups is 1. The van der Waals surface area contributed by atoms with Gasteiger partial charge in [-0.2, -0.15) is 0 Å². The molecule has 2 saturated carbocycles. The van der Waals surface area contributed by atoms with Gasteiger partial charge in [-0.15, -0.1) is 0 Å². The van der Waals surface area contributed by atoms with Gasteiger partial charge >= 0.3 is 5.97 Å². The molecule has 3 fully saturated rings. The average Bonchev–Trinajstić information content (AvgIpc) is 3.19. The Labute approximate surface area is 117 Å². The van der Waals surface area contributed by atoms with Crippen molar-refractivity contribution in [3.05, 3.63) is 35.9 Å². The second-order valence-corrected chi connectivity index (χ2v) is 5.80. The zero-order chi connectivity index (χ0) is 13.7. The molecule has 5 atom stereocenters. The zero-order valence-electron chi connectivity index (χ0n) is 11.4. The summed E-state index contributed by atoms with van der Waals surface area (Å²) >= 11 is 0. The Balaban J connectivity index is 1.46. The molecule has 1 aliphatic heterocycles. The minimum atomic E-state index is -0.239. The molecule has 0 amide bonds. The number of carbonyl (C=O) groups excluding carboxylic acids is 1. The molecule has 4 rings (SSSR count). The normalized spacial score (nSPS) is 39.5. The highest BCUT2D eigenvalue weighted by atomic mass is 16.6. The molecule has 0 N–H and O–H groups in total. The number of rotatable bonds is 2. The highest BCUT2D eigenvalue weighted by molar-refractivity contribution is 5.92. The maximum atomic E-state index is 12.1. The third-order valence-corrected chi connectivity index (χ3v) is 4.73. The van der Waals surface area contributed by atoms with Crippen LogP contribution < -0.4 is 0 Å². The fourth-order valence-electron chi connectivity index (χ4n) is 3.67. The molecule has 3 aliphatic rings. The van der Waals surface area contributed by atoms with E-state index in [2.05, 4.69) is 4.99 Å². The van der Waals surface area contributed by atoms with E-state index in [-0.39, 0.29) is 12.1 Å². The smallest absolute Gasteiger partial charge is 0.338 e. The van der Waals surface area contributed by atoms with Crippen molar-refractivity contribution in [3.8, 4) is 0 Å². The minimum Gasteiger partial charge on any atom is -0.458 e. The quantitative estimate of drug-likeness (QED) is 0.611. The molecule has 5 unspecified atom stereocenters. The first-order valence-corrected chi connectivity index (χ1v) is 7.15. The third-order valence-electron chi connectivity index (χ3n) is 4.73. The Morgan fingerprint density at radius 1 is 1.30 bits per heavy atom. The van der Waals surface area contributed by atoms with Crippen LogP contribution in [-0.4, -0.2) is 37.0 Å². The van der Waals surface area contributed by atoms with E-state index in [1.54, 1.807) is 12.1 Å². The van der Waals surface area contributed by atoms with Gasteiger partial charge in [-0.3, -0.25) is 4.99 Å². The molecule has 0 aromatic heterocycles. The lowest BCUT2D eigenvalue weighted by Gasteiger charge is -2.40. The summed E-state index contributed by atoms with van der Waals surface area (Å²) in [6.45, 7) is 0. The number of benzene rings is 1. The Kier molecular flexibility index (Phi) is 2.67. The molecule has 1 saturated heterocycles. The summed E-state index contributed by atoms with van der Waals surface area (Å²) in [7, 11) is 1.82. The molecule has 0 bridgehead atoms. The summed E-state index contributed by atoms with van der Waals surface area (Å²) in [6.07, 6.45) is 2.40. The number of esters is 1. The molecule has 4 heteroatoms. The summed E-state index contributed by atoms with van der Waals surface area (Å²) in [6, 6.07) is 9.16. The van der Waals surface area contributed by atoms with Crippen molar-refractivity contribution in [1.82, 2.24) is 0 Å². The van der Waals surface area contributed by atoms with Crippen molar-refractivity contribution in [3.63, 3.8) is 0 Å². The molecule has 0 radical (unpaired) electrons. The highest BCUT2D eigenvalue weighted by Gasteiger charge is 2.67. The molecule has 20 heavy (non-hydrogen) atoms. The summed E-state index contributed by atoms with van der Waals surface area (Å²) in [5, 5.41) is 0. The van der Waals surface area contributed by atoms with Crippen LogP contribution in [0.2, 0.25) is 0 Å².